The Hall–Kier alpha value is -2.53. The Bertz CT molecular complexity index is 594. The molecule has 2 aromatic carbocycles. The largest absolute Gasteiger partial charge is 0.457 e. The predicted molar refractivity (Wildman–Crippen MR) is 86.5 cm³/mol. The van der Waals surface area contributed by atoms with Crippen LogP contribution in [-0.4, -0.2) is 6.03 Å². The van der Waals surface area contributed by atoms with Gasteiger partial charge in [0.05, 0.1) is 0 Å². The molecule has 0 radical (unpaired) electrons. The molecular formula is C17H21N3O2. The van der Waals surface area contributed by atoms with E-state index in [1.54, 1.807) is 0 Å². The summed E-state index contributed by atoms with van der Waals surface area (Å²) in [6.07, 6.45) is 2.22. The summed E-state index contributed by atoms with van der Waals surface area (Å²) in [4.78, 5) is 10.5. The number of nitrogens with two attached hydrogens (primary N) is 1. The number of hydrogen-bond acceptors (Lipinski definition) is 3. The lowest BCUT2D eigenvalue weighted by Gasteiger charge is -2.08. The minimum Gasteiger partial charge on any atom is -0.457 e. The van der Waals surface area contributed by atoms with E-state index < -0.39 is 6.03 Å². The molecule has 0 heterocycles. The van der Waals surface area contributed by atoms with E-state index in [0.717, 1.165) is 29.9 Å². The normalized spacial score (nSPS) is 10.2. The standard InChI is InChI=1S/C17H21N3O2/c1-2-3-13-4-8-15(9-5-13)22-16-10-6-14(7-11-16)12-19-20-17(18)21/h4-11,19H,2-3,12H2,1H3,(H3,18,20,21). The predicted octanol–water partition coefficient (Wildman–Crippen LogP) is 3.10. The van der Waals surface area contributed by atoms with E-state index in [4.69, 9.17) is 10.5 Å². The summed E-state index contributed by atoms with van der Waals surface area (Å²) in [6.45, 7) is 2.66. The molecule has 0 aliphatic carbocycles. The molecule has 22 heavy (non-hydrogen) atoms. The van der Waals surface area contributed by atoms with Crippen molar-refractivity contribution in [2.24, 2.45) is 5.73 Å². The lowest BCUT2D eigenvalue weighted by molar-refractivity contribution is 0.244. The Kier molecular flexibility index (Phi) is 5.80. The fourth-order valence-corrected chi connectivity index (χ4v) is 2.06. The van der Waals surface area contributed by atoms with Gasteiger partial charge in [-0.3, -0.25) is 5.43 Å². The first kappa shape index (κ1) is 15.9. The fraction of sp³-hybridized carbons (Fsp3) is 0.235. The van der Waals surface area contributed by atoms with Crippen LogP contribution in [0.3, 0.4) is 0 Å². The third kappa shape index (κ3) is 5.10. The maximum absolute atomic E-state index is 10.5. The van der Waals surface area contributed by atoms with E-state index in [1.807, 2.05) is 36.4 Å². The highest BCUT2D eigenvalue weighted by atomic mass is 16.5. The topological polar surface area (TPSA) is 76.4 Å². The number of aryl methyl sites for hydroxylation is 1. The Morgan fingerprint density at radius 1 is 1.00 bits per heavy atom. The fourth-order valence-electron chi connectivity index (χ4n) is 2.06. The molecule has 0 atom stereocenters. The monoisotopic (exact) mass is 299 g/mol. The number of nitrogens with one attached hydrogen (secondary N) is 2. The highest BCUT2D eigenvalue weighted by Crippen LogP contribution is 2.22. The summed E-state index contributed by atoms with van der Waals surface area (Å²) < 4.78 is 5.80. The summed E-state index contributed by atoms with van der Waals surface area (Å²) in [6, 6.07) is 15.2. The second kappa shape index (κ2) is 8.05. The first-order chi connectivity index (χ1) is 10.7. The molecule has 0 saturated heterocycles. The van der Waals surface area contributed by atoms with Crippen molar-refractivity contribution in [1.29, 1.82) is 0 Å². The van der Waals surface area contributed by atoms with Gasteiger partial charge in [-0.1, -0.05) is 37.6 Å². The van der Waals surface area contributed by atoms with Gasteiger partial charge in [-0.15, -0.1) is 0 Å². The maximum Gasteiger partial charge on any atom is 0.326 e. The van der Waals surface area contributed by atoms with Crippen molar-refractivity contribution in [1.82, 2.24) is 10.9 Å². The summed E-state index contributed by atoms with van der Waals surface area (Å²) in [5.74, 6) is 1.59. The Labute approximate surface area is 130 Å². The Morgan fingerprint density at radius 3 is 2.05 bits per heavy atom. The molecule has 2 aromatic rings. The summed E-state index contributed by atoms with van der Waals surface area (Å²) in [7, 11) is 0. The molecule has 2 amide bonds. The number of carbonyl (C=O) groups excluding carboxylic acids is 1. The zero-order valence-electron chi connectivity index (χ0n) is 12.6. The number of amides is 2. The van der Waals surface area contributed by atoms with Crippen LogP contribution in [-0.2, 0) is 13.0 Å². The minimum atomic E-state index is -0.605. The molecule has 0 unspecified atom stereocenters. The van der Waals surface area contributed by atoms with Crippen molar-refractivity contribution in [3.8, 4) is 11.5 Å². The highest BCUT2D eigenvalue weighted by Gasteiger charge is 1.99. The van der Waals surface area contributed by atoms with Gasteiger partial charge in [0.1, 0.15) is 11.5 Å². The molecular weight excluding hydrogens is 278 g/mol. The van der Waals surface area contributed by atoms with Crippen LogP contribution in [0.4, 0.5) is 4.79 Å². The zero-order valence-corrected chi connectivity index (χ0v) is 12.6. The van der Waals surface area contributed by atoms with Crippen LogP contribution in [0, 0.1) is 0 Å². The summed E-state index contributed by atoms with van der Waals surface area (Å²) >= 11 is 0. The number of hydrogen-bond donors (Lipinski definition) is 3. The number of benzene rings is 2. The van der Waals surface area contributed by atoms with Gasteiger partial charge in [-0.2, -0.15) is 0 Å². The van der Waals surface area contributed by atoms with Crippen LogP contribution in [0.25, 0.3) is 0 Å². The molecule has 0 spiro atoms. The number of rotatable bonds is 7. The van der Waals surface area contributed by atoms with Gasteiger partial charge in [0.25, 0.3) is 0 Å². The van der Waals surface area contributed by atoms with E-state index >= 15 is 0 Å². The number of carbonyl (C=O) groups is 1. The van der Waals surface area contributed by atoms with Gasteiger partial charge >= 0.3 is 6.03 Å². The van der Waals surface area contributed by atoms with Gasteiger partial charge in [0.2, 0.25) is 0 Å². The van der Waals surface area contributed by atoms with Gasteiger partial charge in [-0.05, 0) is 41.8 Å². The molecule has 0 bridgehead atoms. The van der Waals surface area contributed by atoms with Gasteiger partial charge in [0, 0.05) is 6.54 Å². The number of urea groups is 1. The van der Waals surface area contributed by atoms with Gasteiger partial charge in [-0.25, -0.2) is 10.2 Å². The van der Waals surface area contributed by atoms with Crippen LogP contribution in [0.15, 0.2) is 48.5 Å². The van der Waals surface area contributed by atoms with E-state index in [-0.39, 0.29) is 0 Å². The minimum absolute atomic E-state index is 0.495. The van der Waals surface area contributed by atoms with E-state index in [1.165, 1.54) is 5.56 Å². The zero-order chi connectivity index (χ0) is 15.8. The molecule has 0 aliphatic heterocycles. The number of primary amides is 1. The lowest BCUT2D eigenvalue weighted by Crippen LogP contribution is -2.40. The van der Waals surface area contributed by atoms with Crippen molar-refractivity contribution in [2.75, 3.05) is 0 Å². The summed E-state index contributed by atoms with van der Waals surface area (Å²) in [5, 5.41) is 0. The molecule has 0 aromatic heterocycles. The average molecular weight is 299 g/mol. The quantitative estimate of drug-likeness (QED) is 0.688. The molecule has 4 N–H and O–H groups in total. The van der Waals surface area contributed by atoms with Gasteiger partial charge in [0.15, 0.2) is 0 Å². The van der Waals surface area contributed by atoms with Gasteiger partial charge < -0.3 is 10.5 Å². The smallest absolute Gasteiger partial charge is 0.326 e. The second-order valence-corrected chi connectivity index (χ2v) is 4.98. The lowest BCUT2D eigenvalue weighted by atomic mass is 10.1. The second-order valence-electron chi connectivity index (χ2n) is 4.98. The van der Waals surface area contributed by atoms with Crippen molar-refractivity contribution in [2.45, 2.75) is 26.3 Å². The molecule has 2 rings (SSSR count). The average Bonchev–Trinajstić information content (AvgIpc) is 2.51. The van der Waals surface area contributed by atoms with Crippen molar-refractivity contribution in [3.63, 3.8) is 0 Å². The molecule has 0 fully saturated rings. The Balaban J connectivity index is 1.89. The molecule has 5 heteroatoms. The van der Waals surface area contributed by atoms with E-state index in [9.17, 15) is 4.79 Å². The van der Waals surface area contributed by atoms with Crippen LogP contribution in [0.1, 0.15) is 24.5 Å². The van der Waals surface area contributed by atoms with Crippen LogP contribution in [0.5, 0.6) is 11.5 Å². The van der Waals surface area contributed by atoms with E-state index in [2.05, 4.69) is 29.9 Å². The molecule has 0 aliphatic rings. The first-order valence-electron chi connectivity index (χ1n) is 7.31. The number of hydrazine groups is 1. The first-order valence-corrected chi connectivity index (χ1v) is 7.31. The van der Waals surface area contributed by atoms with Crippen molar-refractivity contribution < 1.29 is 9.53 Å². The SMILES string of the molecule is CCCc1ccc(Oc2ccc(CNNC(N)=O)cc2)cc1. The van der Waals surface area contributed by atoms with Crippen LogP contribution >= 0.6 is 0 Å². The third-order valence-corrected chi connectivity index (χ3v) is 3.13. The van der Waals surface area contributed by atoms with Crippen molar-refractivity contribution in [3.05, 3.63) is 59.7 Å². The highest BCUT2D eigenvalue weighted by molar-refractivity contribution is 5.70. The van der Waals surface area contributed by atoms with E-state index in [0.29, 0.717) is 6.54 Å². The van der Waals surface area contributed by atoms with Crippen molar-refractivity contribution >= 4 is 6.03 Å². The molecule has 5 nitrogen and oxygen atoms in total. The molecule has 116 valence electrons. The molecule has 0 saturated carbocycles. The van der Waals surface area contributed by atoms with Crippen LogP contribution in [0.2, 0.25) is 0 Å². The Morgan fingerprint density at radius 2 is 1.55 bits per heavy atom. The summed E-state index contributed by atoms with van der Waals surface area (Å²) in [5.41, 5.74) is 12.3. The third-order valence-electron chi connectivity index (χ3n) is 3.13. The maximum atomic E-state index is 10.5. The number of ether oxygens (including phenoxy) is 1. The van der Waals surface area contributed by atoms with Crippen LogP contribution < -0.4 is 21.3 Å².